The summed E-state index contributed by atoms with van der Waals surface area (Å²) in [7, 11) is 1.66. The number of hydrogen-bond acceptors (Lipinski definition) is 4. The van der Waals surface area contributed by atoms with Gasteiger partial charge in [0.15, 0.2) is 0 Å². The molecule has 3 N–H and O–H groups in total. The smallest absolute Gasteiger partial charge is 0.118 e. The summed E-state index contributed by atoms with van der Waals surface area (Å²) < 4.78 is 7.15. The largest absolute Gasteiger partial charge is 0.497 e. The predicted octanol–water partition coefficient (Wildman–Crippen LogP) is 1.85. The topological polar surface area (TPSA) is 65.1 Å². The van der Waals surface area contributed by atoms with Crippen LogP contribution in [-0.2, 0) is 6.54 Å². The lowest BCUT2D eigenvalue weighted by molar-refractivity contribution is 0.414. The molecule has 0 saturated heterocycles. The maximum atomic E-state index is 5.71. The molecule has 0 fully saturated rings. The van der Waals surface area contributed by atoms with Crippen molar-refractivity contribution in [1.29, 1.82) is 0 Å². The number of aromatic nitrogens is 2. The van der Waals surface area contributed by atoms with E-state index in [0.717, 1.165) is 30.0 Å². The number of benzene rings is 1. The van der Waals surface area contributed by atoms with Crippen LogP contribution in [0, 0.1) is 0 Å². The SMILES string of the molecule is CCCn1nccc1C(NN)c1ccc(OC)cc1. The molecule has 19 heavy (non-hydrogen) atoms. The zero-order chi connectivity index (χ0) is 13.7. The number of nitrogens with two attached hydrogens (primary N) is 1. The van der Waals surface area contributed by atoms with Gasteiger partial charge in [-0.2, -0.15) is 5.10 Å². The predicted molar refractivity (Wildman–Crippen MR) is 74.7 cm³/mol. The molecule has 0 bridgehead atoms. The van der Waals surface area contributed by atoms with E-state index in [2.05, 4.69) is 17.4 Å². The second-order valence-electron chi connectivity index (χ2n) is 4.35. The minimum absolute atomic E-state index is 0.0695. The van der Waals surface area contributed by atoms with Crippen molar-refractivity contribution in [3.8, 4) is 5.75 Å². The Morgan fingerprint density at radius 2 is 2.05 bits per heavy atom. The van der Waals surface area contributed by atoms with Crippen LogP contribution < -0.4 is 16.0 Å². The van der Waals surface area contributed by atoms with Gasteiger partial charge in [-0.25, -0.2) is 5.43 Å². The number of hydrazine groups is 1. The Bertz CT molecular complexity index is 506. The molecule has 0 saturated carbocycles. The highest BCUT2D eigenvalue weighted by Gasteiger charge is 2.16. The number of rotatable bonds is 6. The van der Waals surface area contributed by atoms with Crippen molar-refractivity contribution < 1.29 is 4.74 Å². The van der Waals surface area contributed by atoms with Gasteiger partial charge in [0.2, 0.25) is 0 Å². The van der Waals surface area contributed by atoms with Crippen molar-refractivity contribution in [2.45, 2.75) is 25.9 Å². The number of nitrogens with zero attached hydrogens (tertiary/aromatic N) is 2. The lowest BCUT2D eigenvalue weighted by Gasteiger charge is -2.18. The third kappa shape index (κ3) is 2.94. The molecule has 1 aromatic heterocycles. The van der Waals surface area contributed by atoms with Crippen molar-refractivity contribution in [2.24, 2.45) is 5.84 Å². The molecule has 0 aliphatic rings. The van der Waals surface area contributed by atoms with Gasteiger partial charge in [0.05, 0.1) is 18.8 Å². The van der Waals surface area contributed by atoms with E-state index >= 15 is 0 Å². The van der Waals surface area contributed by atoms with E-state index in [1.807, 2.05) is 35.0 Å². The van der Waals surface area contributed by atoms with E-state index in [-0.39, 0.29) is 6.04 Å². The normalized spacial score (nSPS) is 12.4. The molecule has 0 spiro atoms. The van der Waals surface area contributed by atoms with Crippen molar-refractivity contribution in [2.75, 3.05) is 7.11 Å². The summed E-state index contributed by atoms with van der Waals surface area (Å²) in [6.07, 6.45) is 2.84. The van der Waals surface area contributed by atoms with Crippen molar-refractivity contribution >= 4 is 0 Å². The Morgan fingerprint density at radius 1 is 1.32 bits per heavy atom. The molecule has 1 atom stereocenters. The Morgan fingerprint density at radius 3 is 2.63 bits per heavy atom. The number of ether oxygens (including phenoxy) is 1. The van der Waals surface area contributed by atoms with Crippen LogP contribution in [0.5, 0.6) is 5.75 Å². The fraction of sp³-hybridized carbons (Fsp3) is 0.357. The number of nitrogens with one attached hydrogen (secondary N) is 1. The van der Waals surface area contributed by atoms with Gasteiger partial charge < -0.3 is 4.74 Å². The fourth-order valence-corrected chi connectivity index (χ4v) is 2.14. The van der Waals surface area contributed by atoms with Crippen molar-refractivity contribution in [3.63, 3.8) is 0 Å². The maximum absolute atomic E-state index is 5.71. The van der Waals surface area contributed by atoms with Crippen LogP contribution in [0.25, 0.3) is 0 Å². The van der Waals surface area contributed by atoms with Gasteiger partial charge in [-0.05, 0) is 30.2 Å². The average Bonchev–Trinajstić information content (AvgIpc) is 2.89. The number of aryl methyl sites for hydroxylation is 1. The Balaban J connectivity index is 2.29. The molecule has 0 aliphatic carbocycles. The second kappa shape index (κ2) is 6.36. The van der Waals surface area contributed by atoms with Gasteiger partial charge >= 0.3 is 0 Å². The van der Waals surface area contributed by atoms with Crippen molar-refractivity contribution in [1.82, 2.24) is 15.2 Å². The van der Waals surface area contributed by atoms with Gasteiger partial charge in [-0.1, -0.05) is 19.1 Å². The van der Waals surface area contributed by atoms with E-state index in [9.17, 15) is 0 Å². The summed E-state index contributed by atoms with van der Waals surface area (Å²) in [5.74, 6) is 6.54. The molecule has 2 aromatic rings. The molecule has 5 heteroatoms. The summed E-state index contributed by atoms with van der Waals surface area (Å²) in [5, 5.41) is 4.33. The zero-order valence-electron chi connectivity index (χ0n) is 11.3. The van der Waals surface area contributed by atoms with Gasteiger partial charge in [-0.15, -0.1) is 0 Å². The zero-order valence-corrected chi connectivity index (χ0v) is 11.3. The van der Waals surface area contributed by atoms with Gasteiger partial charge in [0.1, 0.15) is 5.75 Å². The summed E-state index contributed by atoms with van der Waals surface area (Å²) in [5.41, 5.74) is 5.00. The average molecular weight is 260 g/mol. The lowest BCUT2D eigenvalue weighted by Crippen LogP contribution is -2.30. The quantitative estimate of drug-likeness (QED) is 0.614. The van der Waals surface area contributed by atoms with Crippen LogP contribution in [0.1, 0.15) is 30.6 Å². The first-order valence-electron chi connectivity index (χ1n) is 6.42. The van der Waals surface area contributed by atoms with Crippen LogP contribution in [0.15, 0.2) is 36.5 Å². The molecule has 0 aliphatic heterocycles. The van der Waals surface area contributed by atoms with E-state index < -0.39 is 0 Å². The summed E-state index contributed by atoms with van der Waals surface area (Å²) in [4.78, 5) is 0. The van der Waals surface area contributed by atoms with Gasteiger partial charge in [-0.3, -0.25) is 10.5 Å². The summed E-state index contributed by atoms with van der Waals surface area (Å²) in [6, 6.07) is 9.80. The molecular formula is C14H20N4O. The van der Waals surface area contributed by atoms with Crippen LogP contribution in [0.2, 0.25) is 0 Å². The minimum Gasteiger partial charge on any atom is -0.497 e. The highest BCUT2D eigenvalue weighted by atomic mass is 16.5. The first-order chi connectivity index (χ1) is 9.30. The molecule has 2 rings (SSSR count). The molecule has 1 aromatic carbocycles. The molecule has 0 amide bonds. The minimum atomic E-state index is -0.0695. The van der Waals surface area contributed by atoms with Gasteiger partial charge in [0, 0.05) is 12.7 Å². The fourth-order valence-electron chi connectivity index (χ4n) is 2.14. The monoisotopic (exact) mass is 260 g/mol. The van der Waals surface area contributed by atoms with E-state index in [1.54, 1.807) is 13.3 Å². The maximum Gasteiger partial charge on any atom is 0.118 e. The summed E-state index contributed by atoms with van der Waals surface area (Å²) >= 11 is 0. The summed E-state index contributed by atoms with van der Waals surface area (Å²) in [6.45, 7) is 3.01. The van der Waals surface area contributed by atoms with Crippen LogP contribution in [-0.4, -0.2) is 16.9 Å². The van der Waals surface area contributed by atoms with E-state index in [0.29, 0.717) is 0 Å². The first kappa shape index (κ1) is 13.6. The Kier molecular flexibility index (Phi) is 4.54. The molecular weight excluding hydrogens is 240 g/mol. The highest BCUT2D eigenvalue weighted by molar-refractivity contribution is 5.33. The number of methoxy groups -OCH3 is 1. The lowest BCUT2D eigenvalue weighted by atomic mass is 10.0. The standard InChI is InChI=1S/C14H20N4O/c1-3-10-18-13(8-9-16-18)14(17-15)11-4-6-12(19-2)7-5-11/h4-9,14,17H,3,10,15H2,1-2H3. The number of hydrogen-bond donors (Lipinski definition) is 2. The Labute approximate surface area is 113 Å². The van der Waals surface area contributed by atoms with E-state index in [4.69, 9.17) is 10.6 Å². The van der Waals surface area contributed by atoms with Crippen molar-refractivity contribution in [3.05, 3.63) is 47.8 Å². The Hall–Kier alpha value is -1.85. The first-order valence-corrected chi connectivity index (χ1v) is 6.42. The third-order valence-corrected chi connectivity index (χ3v) is 3.10. The second-order valence-corrected chi connectivity index (χ2v) is 4.35. The molecule has 1 heterocycles. The molecule has 5 nitrogen and oxygen atoms in total. The van der Waals surface area contributed by atoms with Gasteiger partial charge in [0.25, 0.3) is 0 Å². The van der Waals surface area contributed by atoms with Crippen LogP contribution >= 0.6 is 0 Å². The van der Waals surface area contributed by atoms with E-state index in [1.165, 1.54) is 0 Å². The molecule has 1 unspecified atom stereocenters. The van der Waals surface area contributed by atoms with Crippen LogP contribution in [0.4, 0.5) is 0 Å². The molecule has 0 radical (unpaired) electrons. The molecule has 102 valence electrons. The third-order valence-electron chi connectivity index (χ3n) is 3.10. The highest BCUT2D eigenvalue weighted by Crippen LogP contribution is 2.23. The van der Waals surface area contributed by atoms with Crippen LogP contribution in [0.3, 0.4) is 0 Å².